The second kappa shape index (κ2) is 7.89. The maximum atomic E-state index is 14.0. The number of carbonyl (C=O) groups excluding carboxylic acids is 1. The summed E-state index contributed by atoms with van der Waals surface area (Å²) in [7, 11) is 0. The topological polar surface area (TPSA) is 65.6 Å². The lowest BCUT2D eigenvalue weighted by Gasteiger charge is -2.51. The molecule has 0 unspecified atom stereocenters. The molecular formula is C23H27F3N2O3. The van der Waals surface area contributed by atoms with Crippen LogP contribution in [-0.4, -0.2) is 47.2 Å². The number of aromatic hydroxyl groups is 1. The number of benzene rings is 1. The Morgan fingerprint density at radius 2 is 2.13 bits per heavy atom. The summed E-state index contributed by atoms with van der Waals surface area (Å²) in [5.41, 5.74) is -0.249. The van der Waals surface area contributed by atoms with E-state index in [4.69, 9.17) is 4.74 Å². The van der Waals surface area contributed by atoms with Crippen LogP contribution in [0.2, 0.25) is 0 Å². The van der Waals surface area contributed by atoms with Gasteiger partial charge in [-0.25, -0.2) is 4.79 Å². The summed E-state index contributed by atoms with van der Waals surface area (Å²) in [6, 6.07) is 7.04. The fourth-order valence-electron chi connectivity index (χ4n) is 5.41. The molecule has 2 atom stereocenters. The third-order valence-corrected chi connectivity index (χ3v) is 6.90. The normalized spacial score (nSPS) is 23.8. The Bertz CT molecular complexity index is 985. The summed E-state index contributed by atoms with van der Waals surface area (Å²) in [6.07, 6.45) is -3.32. The number of ether oxygens (including phenoxy) is 1. The molecule has 0 amide bonds. The van der Waals surface area contributed by atoms with Crippen molar-refractivity contribution in [2.24, 2.45) is 5.92 Å². The first-order valence-corrected chi connectivity index (χ1v) is 10.7. The summed E-state index contributed by atoms with van der Waals surface area (Å²) in [6.45, 7) is 5.94. The van der Waals surface area contributed by atoms with Crippen LogP contribution in [0.3, 0.4) is 0 Å². The van der Waals surface area contributed by atoms with Crippen LogP contribution in [0, 0.1) is 5.92 Å². The van der Waals surface area contributed by atoms with Gasteiger partial charge in [0.1, 0.15) is 11.4 Å². The van der Waals surface area contributed by atoms with Crippen molar-refractivity contribution in [3.05, 3.63) is 52.3 Å². The third kappa shape index (κ3) is 3.71. The number of carbonyl (C=O) groups is 1. The molecule has 1 fully saturated rings. The van der Waals surface area contributed by atoms with Crippen molar-refractivity contribution >= 4 is 5.97 Å². The van der Waals surface area contributed by atoms with E-state index >= 15 is 0 Å². The summed E-state index contributed by atoms with van der Waals surface area (Å²) in [5, 5.41) is 10.1. The van der Waals surface area contributed by atoms with Crippen LogP contribution in [0.25, 0.3) is 0 Å². The molecule has 0 bridgehead atoms. The van der Waals surface area contributed by atoms with E-state index < -0.39 is 28.8 Å². The Kier molecular flexibility index (Phi) is 5.54. The van der Waals surface area contributed by atoms with Crippen molar-refractivity contribution in [3.8, 4) is 5.75 Å². The number of aromatic nitrogens is 1. The van der Waals surface area contributed by atoms with Crippen molar-refractivity contribution in [2.75, 3.05) is 26.2 Å². The van der Waals surface area contributed by atoms with Crippen LogP contribution in [0.5, 0.6) is 5.75 Å². The Morgan fingerprint density at radius 3 is 2.77 bits per heavy atom. The molecule has 0 saturated carbocycles. The van der Waals surface area contributed by atoms with Crippen molar-refractivity contribution in [1.82, 2.24) is 9.88 Å². The van der Waals surface area contributed by atoms with Gasteiger partial charge in [-0.3, -0.25) is 0 Å². The highest BCUT2D eigenvalue weighted by Gasteiger charge is 2.51. The van der Waals surface area contributed by atoms with E-state index in [2.05, 4.69) is 9.88 Å². The minimum Gasteiger partial charge on any atom is -0.508 e. The zero-order valence-electron chi connectivity index (χ0n) is 17.7. The number of halogens is 3. The van der Waals surface area contributed by atoms with Gasteiger partial charge in [0.05, 0.1) is 12.2 Å². The number of likely N-dealkylation sites (tertiary alicyclic amines) is 1. The lowest BCUT2D eigenvalue weighted by Crippen LogP contribution is -2.53. The molecule has 0 radical (unpaired) electrons. The molecule has 2 heterocycles. The first kappa shape index (κ1) is 21.7. The van der Waals surface area contributed by atoms with E-state index in [-0.39, 0.29) is 30.3 Å². The van der Waals surface area contributed by atoms with Gasteiger partial charge in [0.25, 0.3) is 0 Å². The van der Waals surface area contributed by atoms with Gasteiger partial charge >= 0.3 is 12.1 Å². The smallest absolute Gasteiger partial charge is 0.419 e. The molecule has 31 heavy (non-hydrogen) atoms. The van der Waals surface area contributed by atoms with E-state index in [0.29, 0.717) is 18.7 Å². The van der Waals surface area contributed by atoms with Crippen molar-refractivity contribution in [3.63, 3.8) is 0 Å². The number of phenolic OH excluding ortho intramolecular Hbond substituents is 1. The number of H-pyrrole nitrogens is 1. The number of aromatic amines is 1. The summed E-state index contributed by atoms with van der Waals surface area (Å²) in [5.74, 6) is -0.903. The van der Waals surface area contributed by atoms with E-state index in [9.17, 15) is 23.1 Å². The minimum atomic E-state index is -4.66. The molecule has 168 valence electrons. The molecule has 1 saturated heterocycles. The zero-order valence-corrected chi connectivity index (χ0v) is 17.7. The average molecular weight is 436 g/mol. The van der Waals surface area contributed by atoms with E-state index in [1.807, 2.05) is 13.0 Å². The van der Waals surface area contributed by atoms with Crippen LogP contribution in [-0.2, 0) is 29.2 Å². The number of rotatable bonds is 4. The second-order valence-electron chi connectivity index (χ2n) is 8.48. The van der Waals surface area contributed by atoms with Gasteiger partial charge in [-0.15, -0.1) is 0 Å². The Labute approximate surface area is 179 Å². The molecule has 1 aromatic carbocycles. The molecule has 2 aliphatic rings. The highest BCUT2D eigenvalue weighted by atomic mass is 19.4. The molecule has 2 aromatic rings. The standard InChI is InChI=1S/C23H27F3N2O3/c1-3-28-9-8-22(14-6-5-7-16(29)10-14)12-18-17(11-15(22)13-28)19(23(24,25)26)20(27-18)21(30)31-4-2/h5-7,10,15,27,29H,3-4,8-9,11-13H2,1-2H3/t15-,22+/m0/s1. The zero-order chi connectivity index (χ0) is 22.4. The molecule has 8 heteroatoms. The number of phenols is 1. The van der Waals surface area contributed by atoms with Gasteiger partial charge in [0, 0.05) is 17.7 Å². The largest absolute Gasteiger partial charge is 0.508 e. The van der Waals surface area contributed by atoms with Crippen LogP contribution in [0.15, 0.2) is 24.3 Å². The van der Waals surface area contributed by atoms with Gasteiger partial charge in [-0.05, 0) is 68.5 Å². The SMILES string of the molecule is CCOC(=O)c1[nH]c2c(c1C(F)(F)F)C[C@H]1CN(CC)CC[C@]1(c1cccc(O)c1)C2. The lowest BCUT2D eigenvalue weighted by molar-refractivity contribution is -0.138. The second-order valence-corrected chi connectivity index (χ2v) is 8.48. The average Bonchev–Trinajstić information content (AvgIpc) is 3.10. The molecular weight excluding hydrogens is 409 g/mol. The van der Waals surface area contributed by atoms with Crippen molar-refractivity contribution < 1.29 is 27.8 Å². The molecule has 0 spiro atoms. The highest BCUT2D eigenvalue weighted by molar-refractivity contribution is 5.90. The Hall–Kier alpha value is -2.48. The third-order valence-electron chi connectivity index (χ3n) is 6.90. The van der Waals surface area contributed by atoms with Crippen LogP contribution in [0.4, 0.5) is 13.2 Å². The number of fused-ring (bicyclic) bond motifs is 2. The number of hydrogen-bond donors (Lipinski definition) is 2. The number of nitrogens with zero attached hydrogens (tertiary/aromatic N) is 1. The van der Waals surface area contributed by atoms with Crippen LogP contribution < -0.4 is 0 Å². The molecule has 2 N–H and O–H groups in total. The predicted octanol–water partition coefficient (Wildman–Crippen LogP) is 4.29. The van der Waals surface area contributed by atoms with Crippen LogP contribution in [0.1, 0.15) is 53.1 Å². The summed E-state index contributed by atoms with van der Waals surface area (Å²) >= 11 is 0. The Balaban J connectivity index is 1.86. The van der Waals surface area contributed by atoms with E-state index in [1.54, 1.807) is 25.1 Å². The van der Waals surface area contributed by atoms with Gasteiger partial charge in [0.15, 0.2) is 0 Å². The number of esters is 1. The van der Waals surface area contributed by atoms with Crippen LogP contribution >= 0.6 is 0 Å². The lowest BCUT2D eigenvalue weighted by atomic mass is 9.58. The first-order chi connectivity index (χ1) is 14.7. The molecule has 1 aliphatic carbocycles. The molecule has 4 rings (SSSR count). The van der Waals surface area contributed by atoms with E-state index in [1.165, 1.54) is 0 Å². The fraction of sp³-hybridized carbons (Fsp3) is 0.522. The van der Waals surface area contributed by atoms with E-state index in [0.717, 1.165) is 25.1 Å². The number of piperidine rings is 1. The van der Waals surface area contributed by atoms with Gasteiger partial charge in [-0.1, -0.05) is 19.1 Å². The fourth-order valence-corrected chi connectivity index (χ4v) is 5.41. The quantitative estimate of drug-likeness (QED) is 0.702. The highest BCUT2D eigenvalue weighted by Crippen LogP contribution is 2.51. The maximum Gasteiger partial charge on any atom is 0.419 e. The van der Waals surface area contributed by atoms with Crippen molar-refractivity contribution in [2.45, 2.75) is 44.7 Å². The summed E-state index contributed by atoms with van der Waals surface area (Å²) < 4.78 is 47.0. The molecule has 1 aromatic heterocycles. The van der Waals surface area contributed by atoms with Gasteiger partial charge in [-0.2, -0.15) is 13.2 Å². The van der Waals surface area contributed by atoms with Crippen molar-refractivity contribution in [1.29, 1.82) is 0 Å². The predicted molar refractivity (Wildman–Crippen MR) is 109 cm³/mol. The molecule has 5 nitrogen and oxygen atoms in total. The maximum absolute atomic E-state index is 14.0. The van der Waals surface area contributed by atoms with Gasteiger partial charge < -0.3 is 19.7 Å². The minimum absolute atomic E-state index is 0.00112. The molecule has 1 aliphatic heterocycles. The monoisotopic (exact) mass is 436 g/mol. The Morgan fingerprint density at radius 1 is 1.35 bits per heavy atom. The first-order valence-electron chi connectivity index (χ1n) is 10.7. The number of alkyl halides is 3. The summed E-state index contributed by atoms with van der Waals surface area (Å²) in [4.78, 5) is 17.4. The number of hydrogen-bond acceptors (Lipinski definition) is 4. The number of nitrogens with one attached hydrogen (secondary N) is 1. The van der Waals surface area contributed by atoms with Gasteiger partial charge in [0.2, 0.25) is 0 Å².